The van der Waals surface area contributed by atoms with Crippen molar-refractivity contribution in [2.75, 3.05) is 5.43 Å². The molecular formula is C21H19ClN2O. The Bertz CT molecular complexity index is 843. The second-order valence-corrected chi connectivity index (χ2v) is 6.10. The molecule has 4 heteroatoms. The smallest absolute Gasteiger partial charge is 0.119 e. The summed E-state index contributed by atoms with van der Waals surface area (Å²) in [5.41, 5.74) is 7.09. The molecule has 3 rings (SSSR count). The van der Waals surface area contributed by atoms with Crippen LogP contribution in [0, 0.1) is 6.92 Å². The number of aryl methyl sites for hydroxylation is 1. The topological polar surface area (TPSA) is 33.6 Å². The average Bonchev–Trinajstić information content (AvgIpc) is 2.64. The summed E-state index contributed by atoms with van der Waals surface area (Å²) in [5, 5.41) is 4.84. The molecule has 0 unspecified atom stereocenters. The van der Waals surface area contributed by atoms with Gasteiger partial charge in [-0.1, -0.05) is 53.6 Å². The van der Waals surface area contributed by atoms with E-state index in [0.717, 1.165) is 22.6 Å². The first-order valence-corrected chi connectivity index (χ1v) is 8.40. The van der Waals surface area contributed by atoms with E-state index in [1.54, 1.807) is 6.21 Å². The molecule has 3 aromatic carbocycles. The van der Waals surface area contributed by atoms with Crippen LogP contribution in [0.2, 0.25) is 5.02 Å². The Morgan fingerprint density at radius 3 is 2.40 bits per heavy atom. The van der Waals surface area contributed by atoms with Crippen molar-refractivity contribution in [3.63, 3.8) is 0 Å². The maximum atomic E-state index is 6.07. The number of nitrogens with one attached hydrogen (secondary N) is 1. The zero-order valence-corrected chi connectivity index (χ0v) is 14.7. The van der Waals surface area contributed by atoms with Crippen LogP contribution in [0.1, 0.15) is 16.7 Å². The van der Waals surface area contributed by atoms with E-state index in [4.69, 9.17) is 16.3 Å². The summed E-state index contributed by atoms with van der Waals surface area (Å²) in [6.07, 6.45) is 1.74. The molecule has 0 fully saturated rings. The molecule has 3 aromatic rings. The molecule has 1 N–H and O–H groups in total. The minimum atomic E-state index is 0.557. The summed E-state index contributed by atoms with van der Waals surface area (Å²) >= 11 is 6.07. The van der Waals surface area contributed by atoms with Crippen LogP contribution in [-0.4, -0.2) is 6.21 Å². The van der Waals surface area contributed by atoms with Gasteiger partial charge in [0.1, 0.15) is 12.4 Å². The van der Waals surface area contributed by atoms with Crippen molar-refractivity contribution in [2.24, 2.45) is 5.10 Å². The second kappa shape index (κ2) is 8.36. The SMILES string of the molecule is Cc1ccc(COc2ccc(/C=N\Nc3ccccc3Cl)cc2)cc1. The number of nitrogens with zero attached hydrogens (tertiary/aromatic N) is 1. The summed E-state index contributed by atoms with van der Waals surface area (Å²) < 4.78 is 5.80. The van der Waals surface area contributed by atoms with E-state index in [1.165, 1.54) is 5.56 Å². The molecule has 0 aliphatic rings. The first kappa shape index (κ1) is 17.1. The minimum absolute atomic E-state index is 0.557. The summed E-state index contributed by atoms with van der Waals surface area (Å²) in [5.74, 6) is 0.830. The van der Waals surface area contributed by atoms with Crippen LogP contribution >= 0.6 is 11.6 Å². The van der Waals surface area contributed by atoms with Crippen molar-refractivity contribution in [3.05, 3.63) is 94.5 Å². The van der Waals surface area contributed by atoms with Crippen molar-refractivity contribution in [3.8, 4) is 5.75 Å². The van der Waals surface area contributed by atoms with Gasteiger partial charge in [0.15, 0.2) is 0 Å². The van der Waals surface area contributed by atoms with Gasteiger partial charge in [0.05, 0.1) is 16.9 Å². The maximum absolute atomic E-state index is 6.07. The molecule has 0 radical (unpaired) electrons. The van der Waals surface area contributed by atoms with Crippen LogP contribution in [0.5, 0.6) is 5.75 Å². The number of hydrazone groups is 1. The van der Waals surface area contributed by atoms with Crippen molar-refractivity contribution in [1.29, 1.82) is 0 Å². The molecule has 0 saturated carbocycles. The largest absolute Gasteiger partial charge is 0.489 e. The highest BCUT2D eigenvalue weighted by Crippen LogP contribution is 2.20. The fraction of sp³-hybridized carbons (Fsp3) is 0.0952. The normalized spacial score (nSPS) is 10.8. The van der Waals surface area contributed by atoms with E-state index < -0.39 is 0 Å². The Hall–Kier alpha value is -2.78. The van der Waals surface area contributed by atoms with E-state index in [1.807, 2.05) is 48.5 Å². The minimum Gasteiger partial charge on any atom is -0.489 e. The molecule has 0 bridgehead atoms. The zero-order valence-electron chi connectivity index (χ0n) is 13.9. The summed E-state index contributed by atoms with van der Waals surface area (Å²) in [7, 11) is 0. The number of benzene rings is 3. The van der Waals surface area contributed by atoms with Crippen LogP contribution in [-0.2, 0) is 6.61 Å². The molecule has 25 heavy (non-hydrogen) atoms. The number of halogens is 1. The molecule has 126 valence electrons. The predicted octanol–water partition coefficient (Wildman–Crippen LogP) is 5.67. The Balaban J connectivity index is 1.54. The summed E-state index contributed by atoms with van der Waals surface area (Å²) in [6.45, 7) is 2.63. The second-order valence-electron chi connectivity index (χ2n) is 5.69. The fourth-order valence-electron chi connectivity index (χ4n) is 2.23. The van der Waals surface area contributed by atoms with Gasteiger partial charge in [-0.2, -0.15) is 5.10 Å². The van der Waals surface area contributed by atoms with Crippen LogP contribution in [0.15, 0.2) is 77.9 Å². The standard InChI is InChI=1S/C21H19ClN2O/c1-16-6-8-18(9-7-16)15-25-19-12-10-17(11-13-19)14-23-24-21-5-3-2-4-20(21)22/h2-14,24H,15H2,1H3/b23-14-. The summed E-state index contributed by atoms with van der Waals surface area (Å²) in [6, 6.07) is 23.6. The van der Waals surface area contributed by atoms with Crippen molar-refractivity contribution in [2.45, 2.75) is 13.5 Å². The lowest BCUT2D eigenvalue weighted by Gasteiger charge is -2.07. The van der Waals surface area contributed by atoms with E-state index in [-0.39, 0.29) is 0 Å². The third-order valence-corrected chi connectivity index (χ3v) is 4.01. The zero-order chi connectivity index (χ0) is 17.5. The molecule has 0 aromatic heterocycles. The van der Waals surface area contributed by atoms with Gasteiger partial charge >= 0.3 is 0 Å². The first-order valence-electron chi connectivity index (χ1n) is 8.03. The Kier molecular flexibility index (Phi) is 5.70. The predicted molar refractivity (Wildman–Crippen MR) is 105 cm³/mol. The lowest BCUT2D eigenvalue weighted by molar-refractivity contribution is 0.306. The van der Waals surface area contributed by atoms with Crippen LogP contribution < -0.4 is 10.2 Å². The van der Waals surface area contributed by atoms with Gasteiger partial charge in [-0.15, -0.1) is 0 Å². The van der Waals surface area contributed by atoms with Gasteiger partial charge in [0.2, 0.25) is 0 Å². The highest BCUT2D eigenvalue weighted by molar-refractivity contribution is 6.33. The van der Waals surface area contributed by atoms with Gasteiger partial charge in [-0.25, -0.2) is 0 Å². The molecular weight excluding hydrogens is 332 g/mol. The van der Waals surface area contributed by atoms with Gasteiger partial charge in [0.25, 0.3) is 0 Å². The Morgan fingerprint density at radius 1 is 0.960 bits per heavy atom. The van der Waals surface area contributed by atoms with Crippen molar-refractivity contribution in [1.82, 2.24) is 0 Å². The molecule has 0 spiro atoms. The lowest BCUT2D eigenvalue weighted by atomic mass is 10.2. The molecule has 0 atom stereocenters. The number of anilines is 1. The maximum Gasteiger partial charge on any atom is 0.119 e. The third kappa shape index (κ3) is 5.10. The molecule has 0 saturated heterocycles. The highest BCUT2D eigenvalue weighted by Gasteiger charge is 1.98. The lowest BCUT2D eigenvalue weighted by Crippen LogP contribution is -1.96. The molecule has 3 nitrogen and oxygen atoms in total. The number of hydrogen-bond acceptors (Lipinski definition) is 3. The van der Waals surface area contributed by atoms with Gasteiger partial charge in [-0.05, 0) is 54.4 Å². The molecule has 0 amide bonds. The van der Waals surface area contributed by atoms with Gasteiger partial charge in [-0.3, -0.25) is 5.43 Å². The number of para-hydroxylation sites is 1. The number of rotatable bonds is 6. The monoisotopic (exact) mass is 350 g/mol. The number of ether oxygens (including phenoxy) is 1. The highest BCUT2D eigenvalue weighted by atomic mass is 35.5. The van der Waals surface area contributed by atoms with Gasteiger partial charge in [0, 0.05) is 0 Å². The van der Waals surface area contributed by atoms with Crippen molar-refractivity contribution >= 4 is 23.5 Å². The van der Waals surface area contributed by atoms with Crippen LogP contribution in [0.4, 0.5) is 5.69 Å². The van der Waals surface area contributed by atoms with E-state index in [0.29, 0.717) is 11.6 Å². The molecule has 0 aliphatic heterocycles. The quantitative estimate of drug-likeness (QED) is 0.458. The summed E-state index contributed by atoms with van der Waals surface area (Å²) in [4.78, 5) is 0. The van der Waals surface area contributed by atoms with E-state index in [9.17, 15) is 0 Å². The Labute approximate surface area is 152 Å². The molecule has 0 heterocycles. The number of hydrogen-bond donors (Lipinski definition) is 1. The third-order valence-electron chi connectivity index (χ3n) is 3.68. The average molecular weight is 351 g/mol. The Morgan fingerprint density at radius 2 is 1.68 bits per heavy atom. The van der Waals surface area contributed by atoms with Crippen molar-refractivity contribution < 1.29 is 4.74 Å². The fourth-order valence-corrected chi connectivity index (χ4v) is 2.41. The van der Waals surface area contributed by atoms with Crippen LogP contribution in [0.3, 0.4) is 0 Å². The van der Waals surface area contributed by atoms with Crippen LogP contribution in [0.25, 0.3) is 0 Å². The molecule has 0 aliphatic carbocycles. The van der Waals surface area contributed by atoms with E-state index >= 15 is 0 Å². The first-order chi connectivity index (χ1) is 12.2. The van der Waals surface area contributed by atoms with E-state index in [2.05, 4.69) is 41.7 Å². The van der Waals surface area contributed by atoms with Gasteiger partial charge < -0.3 is 4.74 Å².